The quantitative estimate of drug-likeness (QED) is 0.179. The van der Waals surface area contributed by atoms with Crippen LogP contribution in [0.15, 0.2) is 0 Å². The molecule has 0 aliphatic rings. The monoisotopic (exact) mass is 375 g/mol. The van der Waals surface area contributed by atoms with E-state index in [0.29, 0.717) is 0 Å². The molecule has 0 saturated carbocycles. The van der Waals surface area contributed by atoms with Gasteiger partial charge in [-0.25, -0.2) is 4.79 Å². The van der Waals surface area contributed by atoms with Gasteiger partial charge in [-0.2, -0.15) is 0 Å². The van der Waals surface area contributed by atoms with E-state index in [2.05, 4.69) is 10.6 Å². The molecule has 12 heteroatoms. The molecule has 0 spiro atoms. The summed E-state index contributed by atoms with van der Waals surface area (Å²) in [6.07, 6.45) is -2.07. The summed E-state index contributed by atoms with van der Waals surface area (Å²) in [6, 6.07) is -4.06. The summed E-state index contributed by atoms with van der Waals surface area (Å²) in [6.45, 7) is 1.16. The van der Waals surface area contributed by atoms with Crippen molar-refractivity contribution in [1.29, 1.82) is 0 Å². The van der Waals surface area contributed by atoms with Crippen molar-refractivity contribution in [2.24, 2.45) is 17.2 Å². The molecule has 0 saturated heterocycles. The van der Waals surface area contributed by atoms with E-state index < -0.39 is 53.8 Å². The molecule has 0 aromatic rings. The van der Waals surface area contributed by atoms with Crippen LogP contribution in [0, 0.1) is 0 Å². The lowest BCUT2D eigenvalue weighted by Crippen LogP contribution is -2.56. The fourth-order valence-electron chi connectivity index (χ4n) is 1.91. The molecule has 148 valence electrons. The van der Waals surface area contributed by atoms with Gasteiger partial charge in [0.15, 0.2) is 6.04 Å². The van der Waals surface area contributed by atoms with Crippen LogP contribution in [0.4, 0.5) is 0 Å². The third-order valence-corrected chi connectivity index (χ3v) is 3.40. The zero-order valence-electron chi connectivity index (χ0n) is 14.3. The van der Waals surface area contributed by atoms with Crippen molar-refractivity contribution >= 4 is 29.6 Å². The Morgan fingerprint density at radius 1 is 0.923 bits per heavy atom. The second-order valence-corrected chi connectivity index (χ2v) is 5.74. The molecular weight excluding hydrogens is 350 g/mol. The first-order chi connectivity index (χ1) is 12.0. The van der Waals surface area contributed by atoms with Crippen LogP contribution >= 0.6 is 0 Å². The van der Waals surface area contributed by atoms with Gasteiger partial charge < -0.3 is 38.0 Å². The van der Waals surface area contributed by atoms with Crippen molar-refractivity contribution < 1.29 is 34.2 Å². The van der Waals surface area contributed by atoms with Crippen LogP contribution in [0.3, 0.4) is 0 Å². The van der Waals surface area contributed by atoms with Gasteiger partial charge in [0, 0.05) is 12.8 Å². The minimum absolute atomic E-state index is 0.0588. The molecule has 10 N–H and O–H groups in total. The van der Waals surface area contributed by atoms with Gasteiger partial charge in [0.05, 0.1) is 12.1 Å². The highest BCUT2D eigenvalue weighted by Gasteiger charge is 2.30. The number of amides is 4. The maximum atomic E-state index is 12.2. The summed E-state index contributed by atoms with van der Waals surface area (Å²) in [7, 11) is 0. The zero-order valence-corrected chi connectivity index (χ0v) is 14.3. The number of primary amides is 2. The van der Waals surface area contributed by atoms with Crippen LogP contribution < -0.4 is 27.8 Å². The number of carboxylic acids is 1. The number of aliphatic hydroxyl groups is 1. The number of carbonyl (C=O) groups excluding carboxylic acids is 4. The van der Waals surface area contributed by atoms with Crippen molar-refractivity contribution in [3.05, 3.63) is 0 Å². The molecule has 26 heavy (non-hydrogen) atoms. The number of nitrogens with two attached hydrogens (primary N) is 3. The summed E-state index contributed by atoms with van der Waals surface area (Å²) in [4.78, 5) is 56.9. The van der Waals surface area contributed by atoms with E-state index in [1.807, 2.05) is 0 Å². The van der Waals surface area contributed by atoms with E-state index in [1.165, 1.54) is 0 Å². The fraction of sp³-hybridized carbons (Fsp3) is 0.643. The number of nitrogens with one attached hydrogen (secondary N) is 2. The minimum Gasteiger partial charge on any atom is -0.480 e. The number of hydrogen-bond donors (Lipinski definition) is 7. The maximum absolute atomic E-state index is 12.2. The molecule has 4 atom stereocenters. The fourth-order valence-corrected chi connectivity index (χ4v) is 1.91. The van der Waals surface area contributed by atoms with Gasteiger partial charge in [-0.1, -0.05) is 0 Å². The van der Waals surface area contributed by atoms with Crippen LogP contribution in [0.25, 0.3) is 0 Å². The number of aliphatic hydroxyl groups excluding tert-OH is 1. The van der Waals surface area contributed by atoms with Gasteiger partial charge in [-0.15, -0.1) is 0 Å². The third-order valence-electron chi connectivity index (χ3n) is 3.40. The summed E-state index contributed by atoms with van der Waals surface area (Å²) in [5.41, 5.74) is 15.6. The predicted molar refractivity (Wildman–Crippen MR) is 88.0 cm³/mol. The SMILES string of the molecule is C[C@@H](O)[C@H](NC(=O)[C@H](CCC(N)=O)NC(=O)[C@@H](N)CCC(N)=O)C(=O)O. The van der Waals surface area contributed by atoms with Crippen LogP contribution in [0.2, 0.25) is 0 Å². The van der Waals surface area contributed by atoms with E-state index in [1.54, 1.807) is 0 Å². The molecular formula is C14H25N5O7. The van der Waals surface area contributed by atoms with Gasteiger partial charge >= 0.3 is 5.97 Å². The molecule has 0 rings (SSSR count). The highest BCUT2D eigenvalue weighted by Crippen LogP contribution is 2.03. The highest BCUT2D eigenvalue weighted by molar-refractivity contribution is 5.92. The lowest BCUT2D eigenvalue weighted by atomic mass is 10.1. The zero-order chi connectivity index (χ0) is 20.4. The molecule has 0 fully saturated rings. The van der Waals surface area contributed by atoms with Gasteiger partial charge in [-0.3, -0.25) is 19.2 Å². The molecule has 12 nitrogen and oxygen atoms in total. The van der Waals surface area contributed by atoms with Crippen LogP contribution in [-0.4, -0.2) is 64.0 Å². The molecule has 0 aliphatic heterocycles. The molecule has 0 heterocycles. The molecule has 0 aromatic carbocycles. The molecule has 4 amide bonds. The summed E-state index contributed by atoms with van der Waals surface area (Å²) in [5.74, 6) is -4.60. The van der Waals surface area contributed by atoms with E-state index >= 15 is 0 Å². The van der Waals surface area contributed by atoms with E-state index in [4.69, 9.17) is 22.3 Å². The first-order valence-electron chi connectivity index (χ1n) is 7.79. The minimum atomic E-state index is -1.61. The Morgan fingerprint density at radius 3 is 1.85 bits per heavy atom. The largest absolute Gasteiger partial charge is 0.480 e. The Balaban J connectivity index is 5.05. The average Bonchev–Trinajstić information content (AvgIpc) is 2.52. The summed E-state index contributed by atoms with van der Waals surface area (Å²) < 4.78 is 0. The van der Waals surface area contributed by atoms with Crippen molar-refractivity contribution in [2.45, 2.75) is 56.8 Å². The van der Waals surface area contributed by atoms with Gasteiger partial charge in [0.1, 0.15) is 6.04 Å². The second kappa shape index (κ2) is 11.0. The molecule has 0 bridgehead atoms. The highest BCUT2D eigenvalue weighted by atomic mass is 16.4. The molecule has 0 unspecified atom stereocenters. The number of carbonyl (C=O) groups is 5. The lowest BCUT2D eigenvalue weighted by molar-refractivity contribution is -0.145. The Bertz CT molecular complexity index is 552. The Kier molecular flexibility index (Phi) is 9.84. The van der Waals surface area contributed by atoms with Crippen LogP contribution in [0.5, 0.6) is 0 Å². The van der Waals surface area contributed by atoms with Gasteiger partial charge in [0.25, 0.3) is 0 Å². The topological polar surface area (TPSA) is 228 Å². The maximum Gasteiger partial charge on any atom is 0.328 e. The Hall–Kier alpha value is -2.73. The lowest BCUT2D eigenvalue weighted by Gasteiger charge is -2.23. The number of hydrogen-bond acceptors (Lipinski definition) is 7. The van der Waals surface area contributed by atoms with Crippen molar-refractivity contribution in [3.8, 4) is 0 Å². The average molecular weight is 375 g/mol. The molecule has 0 radical (unpaired) electrons. The number of carboxylic acid groups (broad SMARTS) is 1. The number of aliphatic carboxylic acids is 1. The smallest absolute Gasteiger partial charge is 0.328 e. The first kappa shape index (κ1) is 23.3. The van der Waals surface area contributed by atoms with Crippen LogP contribution in [-0.2, 0) is 24.0 Å². The van der Waals surface area contributed by atoms with Crippen molar-refractivity contribution in [1.82, 2.24) is 10.6 Å². The first-order valence-corrected chi connectivity index (χ1v) is 7.79. The second-order valence-electron chi connectivity index (χ2n) is 5.74. The van der Waals surface area contributed by atoms with E-state index in [0.717, 1.165) is 6.92 Å². The Morgan fingerprint density at radius 2 is 1.42 bits per heavy atom. The third kappa shape index (κ3) is 8.94. The van der Waals surface area contributed by atoms with E-state index in [9.17, 15) is 29.1 Å². The van der Waals surface area contributed by atoms with Crippen molar-refractivity contribution in [2.75, 3.05) is 0 Å². The summed E-state index contributed by atoms with van der Waals surface area (Å²) >= 11 is 0. The van der Waals surface area contributed by atoms with Gasteiger partial charge in [-0.05, 0) is 19.8 Å². The van der Waals surface area contributed by atoms with E-state index in [-0.39, 0.29) is 25.7 Å². The summed E-state index contributed by atoms with van der Waals surface area (Å²) in [5, 5.41) is 22.7. The normalized spacial score (nSPS) is 15.2. The number of rotatable bonds is 12. The standard InChI is InChI=1S/C14H25N5O7/c1-6(20)11(14(25)26)19-13(24)8(3-5-10(17)22)18-12(23)7(15)2-4-9(16)21/h6-8,11,20H,2-5,15H2,1H3,(H2,16,21)(H2,17,22)(H,18,23)(H,19,24)(H,25,26)/t6-,7+,8+,11+/m1/s1. The van der Waals surface area contributed by atoms with Gasteiger partial charge in [0.2, 0.25) is 23.6 Å². The molecule has 0 aliphatic carbocycles. The predicted octanol–water partition coefficient (Wildman–Crippen LogP) is -3.72. The van der Waals surface area contributed by atoms with Crippen LogP contribution in [0.1, 0.15) is 32.6 Å². The Labute approximate surface area is 149 Å². The molecule has 0 aromatic heterocycles. The van der Waals surface area contributed by atoms with Crippen molar-refractivity contribution in [3.63, 3.8) is 0 Å².